The lowest BCUT2D eigenvalue weighted by Gasteiger charge is -2.05. The van der Waals surface area contributed by atoms with E-state index in [9.17, 15) is 4.79 Å². The highest BCUT2D eigenvalue weighted by atomic mass is 16.3. The molecule has 0 aliphatic carbocycles. The van der Waals surface area contributed by atoms with Gasteiger partial charge in [0.25, 0.3) is 0 Å². The summed E-state index contributed by atoms with van der Waals surface area (Å²) in [6.45, 7) is 1.88. The van der Waals surface area contributed by atoms with Gasteiger partial charge in [0, 0.05) is 25.2 Å². The van der Waals surface area contributed by atoms with E-state index in [0.29, 0.717) is 18.7 Å². The van der Waals surface area contributed by atoms with Crippen molar-refractivity contribution in [1.29, 1.82) is 0 Å². The summed E-state index contributed by atoms with van der Waals surface area (Å²) in [6.07, 6.45) is 7.85. The fourth-order valence-corrected chi connectivity index (χ4v) is 2.09. The largest absolute Gasteiger partial charge is 0.466 e. The van der Waals surface area contributed by atoms with Crippen LogP contribution in [0.2, 0.25) is 0 Å². The lowest BCUT2D eigenvalue weighted by molar-refractivity contribution is -0.116. The van der Waals surface area contributed by atoms with E-state index in [2.05, 4.69) is 15.3 Å². The van der Waals surface area contributed by atoms with Crippen molar-refractivity contribution in [3.05, 3.63) is 60.7 Å². The zero-order valence-corrected chi connectivity index (χ0v) is 12.2. The number of nitrogens with zero attached hydrogens (tertiary/aromatic N) is 3. The molecule has 112 valence electrons. The van der Waals surface area contributed by atoms with Gasteiger partial charge in [-0.25, -0.2) is 9.97 Å². The number of furan rings is 1. The van der Waals surface area contributed by atoms with Gasteiger partial charge in [0.1, 0.15) is 17.3 Å². The van der Waals surface area contributed by atoms with E-state index in [1.807, 2.05) is 35.9 Å². The molecule has 22 heavy (non-hydrogen) atoms. The number of hydrogen-bond acceptors (Lipinski definition) is 4. The average Bonchev–Trinajstić information content (AvgIpc) is 3.17. The van der Waals surface area contributed by atoms with Crippen molar-refractivity contribution in [3.8, 4) is 5.69 Å². The summed E-state index contributed by atoms with van der Waals surface area (Å²) in [7, 11) is 0. The first-order valence-electron chi connectivity index (χ1n) is 7.00. The second-order valence-electron chi connectivity index (χ2n) is 4.93. The molecule has 0 fully saturated rings. The van der Waals surface area contributed by atoms with E-state index in [1.165, 1.54) is 0 Å². The summed E-state index contributed by atoms with van der Waals surface area (Å²) in [4.78, 5) is 20.1. The SMILES string of the molecule is Cc1ccc(CCC(=O)Nc2ccc(-n3ccnc3)cn2)o1. The summed E-state index contributed by atoms with van der Waals surface area (Å²) in [5, 5.41) is 2.77. The summed E-state index contributed by atoms with van der Waals surface area (Å²) in [6, 6.07) is 7.43. The molecule has 0 saturated carbocycles. The number of hydrogen-bond donors (Lipinski definition) is 1. The third-order valence-corrected chi connectivity index (χ3v) is 3.21. The lowest BCUT2D eigenvalue weighted by atomic mass is 10.2. The van der Waals surface area contributed by atoms with Gasteiger partial charge in [-0.1, -0.05) is 0 Å². The van der Waals surface area contributed by atoms with Crippen molar-refractivity contribution >= 4 is 11.7 Å². The first kappa shape index (κ1) is 14.1. The maximum atomic E-state index is 11.9. The molecule has 0 atom stereocenters. The number of carbonyl (C=O) groups is 1. The minimum atomic E-state index is -0.0862. The van der Waals surface area contributed by atoms with Gasteiger partial charge >= 0.3 is 0 Å². The Morgan fingerprint density at radius 1 is 1.32 bits per heavy atom. The second kappa shape index (κ2) is 6.26. The molecule has 3 rings (SSSR count). The number of nitrogens with one attached hydrogen (secondary N) is 1. The van der Waals surface area contributed by atoms with Gasteiger partial charge in [0.05, 0.1) is 18.2 Å². The van der Waals surface area contributed by atoms with E-state index >= 15 is 0 Å². The van der Waals surface area contributed by atoms with Crippen LogP contribution in [0.25, 0.3) is 5.69 Å². The maximum Gasteiger partial charge on any atom is 0.225 e. The highest BCUT2D eigenvalue weighted by Crippen LogP contribution is 2.11. The molecule has 3 aromatic heterocycles. The highest BCUT2D eigenvalue weighted by Gasteiger charge is 2.06. The maximum absolute atomic E-state index is 11.9. The zero-order chi connectivity index (χ0) is 15.4. The average molecular weight is 296 g/mol. The van der Waals surface area contributed by atoms with Gasteiger partial charge in [0.2, 0.25) is 5.91 Å². The molecule has 0 aromatic carbocycles. The number of anilines is 1. The van der Waals surface area contributed by atoms with Gasteiger partial charge in [0.15, 0.2) is 0 Å². The minimum absolute atomic E-state index is 0.0862. The predicted molar refractivity (Wildman–Crippen MR) is 81.8 cm³/mol. The predicted octanol–water partition coefficient (Wildman–Crippen LogP) is 2.74. The number of imidazole rings is 1. The normalized spacial score (nSPS) is 10.6. The fraction of sp³-hybridized carbons (Fsp3) is 0.188. The first-order chi connectivity index (χ1) is 10.7. The Labute approximate surface area is 127 Å². The molecule has 0 spiro atoms. The van der Waals surface area contributed by atoms with Crippen molar-refractivity contribution < 1.29 is 9.21 Å². The second-order valence-corrected chi connectivity index (χ2v) is 4.93. The number of amides is 1. The lowest BCUT2D eigenvalue weighted by Crippen LogP contribution is -2.13. The van der Waals surface area contributed by atoms with Crippen LogP contribution in [-0.4, -0.2) is 20.4 Å². The van der Waals surface area contributed by atoms with E-state index in [1.54, 1.807) is 24.8 Å². The van der Waals surface area contributed by atoms with Crippen LogP contribution < -0.4 is 5.32 Å². The Balaban J connectivity index is 1.55. The standard InChI is InChI=1S/C16H16N4O2/c1-12-2-4-14(22-12)5-7-16(21)19-15-6-3-13(10-18-15)20-9-8-17-11-20/h2-4,6,8-11H,5,7H2,1H3,(H,18,19,21). The quantitative estimate of drug-likeness (QED) is 0.785. The molecule has 0 saturated heterocycles. The van der Waals surface area contributed by atoms with Crippen molar-refractivity contribution in [2.45, 2.75) is 19.8 Å². The molecule has 0 unspecified atom stereocenters. The van der Waals surface area contributed by atoms with E-state index < -0.39 is 0 Å². The van der Waals surface area contributed by atoms with E-state index in [4.69, 9.17) is 4.42 Å². The molecule has 0 radical (unpaired) electrons. The number of rotatable bonds is 5. The zero-order valence-electron chi connectivity index (χ0n) is 12.2. The van der Waals surface area contributed by atoms with Crippen LogP contribution in [0, 0.1) is 6.92 Å². The molecule has 3 heterocycles. The molecule has 3 aromatic rings. The Bertz CT molecular complexity index is 745. The molecule has 1 amide bonds. The number of aryl methyl sites for hydroxylation is 2. The number of carbonyl (C=O) groups excluding carboxylic acids is 1. The Morgan fingerprint density at radius 3 is 2.86 bits per heavy atom. The minimum Gasteiger partial charge on any atom is -0.466 e. The van der Waals surface area contributed by atoms with Gasteiger partial charge in [-0.2, -0.15) is 0 Å². The third kappa shape index (κ3) is 3.41. The van der Waals surface area contributed by atoms with Crippen LogP contribution in [0.15, 0.2) is 53.6 Å². The van der Waals surface area contributed by atoms with Crippen LogP contribution in [0.3, 0.4) is 0 Å². The Hall–Kier alpha value is -2.89. The molecule has 0 aliphatic rings. The molecule has 6 heteroatoms. The monoisotopic (exact) mass is 296 g/mol. The molecule has 0 aliphatic heterocycles. The number of pyridine rings is 1. The topological polar surface area (TPSA) is 73.0 Å². The Morgan fingerprint density at radius 2 is 2.23 bits per heavy atom. The van der Waals surface area contributed by atoms with Crippen LogP contribution >= 0.6 is 0 Å². The Kier molecular flexibility index (Phi) is 4.00. The van der Waals surface area contributed by atoms with Crippen LogP contribution in [0.4, 0.5) is 5.82 Å². The fourth-order valence-electron chi connectivity index (χ4n) is 2.09. The van der Waals surface area contributed by atoms with E-state index in [-0.39, 0.29) is 5.91 Å². The van der Waals surface area contributed by atoms with Crippen molar-refractivity contribution in [3.63, 3.8) is 0 Å². The van der Waals surface area contributed by atoms with Crippen molar-refractivity contribution in [2.75, 3.05) is 5.32 Å². The van der Waals surface area contributed by atoms with Gasteiger partial charge in [-0.15, -0.1) is 0 Å². The third-order valence-electron chi connectivity index (χ3n) is 3.21. The first-order valence-corrected chi connectivity index (χ1v) is 7.00. The van der Waals surface area contributed by atoms with E-state index in [0.717, 1.165) is 17.2 Å². The molecule has 1 N–H and O–H groups in total. The van der Waals surface area contributed by atoms with Crippen LogP contribution in [0.1, 0.15) is 17.9 Å². The van der Waals surface area contributed by atoms with Crippen LogP contribution in [0.5, 0.6) is 0 Å². The van der Waals surface area contributed by atoms with Crippen LogP contribution in [-0.2, 0) is 11.2 Å². The van der Waals surface area contributed by atoms with Crippen molar-refractivity contribution in [2.24, 2.45) is 0 Å². The van der Waals surface area contributed by atoms with Gasteiger partial charge < -0.3 is 14.3 Å². The van der Waals surface area contributed by atoms with Gasteiger partial charge in [-0.05, 0) is 31.2 Å². The smallest absolute Gasteiger partial charge is 0.225 e. The molecular weight excluding hydrogens is 280 g/mol. The summed E-state index contributed by atoms with van der Waals surface area (Å²) < 4.78 is 7.28. The summed E-state index contributed by atoms with van der Waals surface area (Å²) >= 11 is 0. The van der Waals surface area contributed by atoms with Gasteiger partial charge in [-0.3, -0.25) is 4.79 Å². The summed E-state index contributed by atoms with van der Waals surface area (Å²) in [5.41, 5.74) is 0.890. The highest BCUT2D eigenvalue weighted by molar-refractivity contribution is 5.89. The summed E-state index contributed by atoms with van der Waals surface area (Å²) in [5.74, 6) is 2.12. The number of aromatic nitrogens is 3. The molecule has 0 bridgehead atoms. The molecule has 6 nitrogen and oxygen atoms in total. The molecular formula is C16H16N4O2. The van der Waals surface area contributed by atoms with Crippen molar-refractivity contribution in [1.82, 2.24) is 14.5 Å².